The molecule has 0 radical (unpaired) electrons. The van der Waals surface area contributed by atoms with Crippen LogP contribution < -0.4 is 5.43 Å². The molecule has 0 aromatic carbocycles. The average molecular weight is 389 g/mol. The van der Waals surface area contributed by atoms with Crippen molar-refractivity contribution in [2.24, 2.45) is 0 Å². The normalized spacial score (nSPS) is 12.1. The van der Waals surface area contributed by atoms with Crippen LogP contribution in [0.2, 0.25) is 0 Å². The molecule has 3 aromatic rings. The van der Waals surface area contributed by atoms with E-state index in [4.69, 9.17) is 0 Å². The Labute approximate surface area is 149 Å². The van der Waals surface area contributed by atoms with E-state index >= 15 is 0 Å². The topological polar surface area (TPSA) is 67.2 Å². The van der Waals surface area contributed by atoms with Crippen LogP contribution in [0, 0.1) is 0 Å². The molecule has 3 aromatic heterocycles. The number of imidazole rings is 1. The highest BCUT2D eigenvalue weighted by atomic mass is 19.4. The van der Waals surface area contributed by atoms with Crippen molar-refractivity contribution in [2.75, 3.05) is 0 Å². The van der Waals surface area contributed by atoms with E-state index in [9.17, 15) is 31.5 Å². The van der Waals surface area contributed by atoms with Gasteiger partial charge in [0.1, 0.15) is 22.7 Å². The SMILES string of the molecule is CC.CCC(=O)c1cn2c(ccc3c(=O)cc(C(F)(F)C(F)(F)F)[nH]c32)n1. The maximum absolute atomic E-state index is 13.6. The monoisotopic (exact) mass is 389 g/mol. The number of hydrogen-bond acceptors (Lipinski definition) is 3. The molecule has 5 nitrogen and oxygen atoms in total. The Morgan fingerprint density at radius 2 is 1.81 bits per heavy atom. The molecule has 0 atom stereocenters. The Morgan fingerprint density at radius 1 is 1.19 bits per heavy atom. The summed E-state index contributed by atoms with van der Waals surface area (Å²) in [5, 5.41) is -0.109. The second-order valence-corrected chi connectivity index (χ2v) is 5.35. The van der Waals surface area contributed by atoms with E-state index in [-0.39, 0.29) is 40.6 Å². The van der Waals surface area contributed by atoms with Crippen LogP contribution in [0.25, 0.3) is 16.7 Å². The third-order valence-corrected chi connectivity index (χ3v) is 3.72. The first-order valence-electron chi connectivity index (χ1n) is 8.09. The van der Waals surface area contributed by atoms with Gasteiger partial charge >= 0.3 is 12.1 Å². The van der Waals surface area contributed by atoms with Crippen molar-refractivity contribution in [2.45, 2.75) is 39.3 Å². The number of alkyl halides is 5. The summed E-state index contributed by atoms with van der Waals surface area (Å²) in [6.45, 7) is 5.59. The van der Waals surface area contributed by atoms with Crippen molar-refractivity contribution in [3.05, 3.63) is 46.0 Å². The van der Waals surface area contributed by atoms with Crippen LogP contribution in [0.4, 0.5) is 22.0 Å². The predicted molar refractivity (Wildman–Crippen MR) is 89.2 cm³/mol. The maximum atomic E-state index is 13.6. The van der Waals surface area contributed by atoms with Crippen LogP contribution in [0.15, 0.2) is 29.2 Å². The molecule has 10 heteroatoms. The molecule has 0 bridgehead atoms. The van der Waals surface area contributed by atoms with Gasteiger partial charge in [-0.25, -0.2) is 4.98 Å². The number of fused-ring (bicyclic) bond motifs is 3. The number of hydrogen-bond donors (Lipinski definition) is 1. The Balaban J connectivity index is 0.00000126. The number of nitrogens with zero attached hydrogens (tertiary/aromatic N) is 2. The Kier molecular flexibility index (Phi) is 5.39. The summed E-state index contributed by atoms with van der Waals surface area (Å²) in [4.78, 5) is 29.7. The van der Waals surface area contributed by atoms with Crippen LogP contribution >= 0.6 is 0 Å². The van der Waals surface area contributed by atoms with Gasteiger partial charge < -0.3 is 4.98 Å². The number of nitrogens with one attached hydrogen (secondary N) is 1. The largest absolute Gasteiger partial charge is 0.459 e. The Morgan fingerprint density at radius 3 is 2.37 bits per heavy atom. The summed E-state index contributed by atoms with van der Waals surface area (Å²) in [7, 11) is 0. The van der Waals surface area contributed by atoms with Crippen molar-refractivity contribution in [1.29, 1.82) is 0 Å². The van der Waals surface area contributed by atoms with Crippen LogP contribution in [-0.4, -0.2) is 26.3 Å². The molecule has 3 rings (SSSR count). The van der Waals surface area contributed by atoms with Gasteiger partial charge in [0.15, 0.2) is 11.2 Å². The quantitative estimate of drug-likeness (QED) is 0.532. The van der Waals surface area contributed by atoms with Gasteiger partial charge in [0, 0.05) is 18.7 Å². The lowest BCUT2D eigenvalue weighted by molar-refractivity contribution is -0.290. The highest BCUT2D eigenvalue weighted by Gasteiger charge is 2.59. The number of aromatic nitrogens is 3. The standard InChI is InChI=1S/C15H10F5N3O2.C2H6/c1-2-9(24)8-6-23-12(21-8)4-3-7-10(25)5-11(22-13(7)23)14(16,17)15(18,19)20;1-2/h3-6H,2H2,1H3,(H,22,25);1-2H3. The number of pyridine rings is 2. The number of ketones is 1. The molecule has 0 fully saturated rings. The first kappa shape index (κ1) is 20.5. The number of Topliss-reactive ketones (excluding diaryl/α,β-unsaturated/α-hetero) is 1. The van der Waals surface area contributed by atoms with Gasteiger partial charge in [-0.1, -0.05) is 20.8 Å². The van der Waals surface area contributed by atoms with Gasteiger partial charge in [-0.2, -0.15) is 22.0 Å². The van der Waals surface area contributed by atoms with E-state index in [1.807, 2.05) is 18.8 Å². The minimum atomic E-state index is -5.87. The minimum absolute atomic E-state index is 0.0174. The van der Waals surface area contributed by atoms with Crippen LogP contribution in [0.1, 0.15) is 43.4 Å². The van der Waals surface area contributed by atoms with Gasteiger partial charge in [0.2, 0.25) is 0 Å². The van der Waals surface area contributed by atoms with Crippen molar-refractivity contribution < 1.29 is 26.7 Å². The van der Waals surface area contributed by atoms with Crippen molar-refractivity contribution in [3.63, 3.8) is 0 Å². The van der Waals surface area contributed by atoms with Crippen LogP contribution in [0.5, 0.6) is 0 Å². The molecule has 146 valence electrons. The molecule has 0 spiro atoms. The zero-order valence-corrected chi connectivity index (χ0v) is 14.6. The zero-order valence-electron chi connectivity index (χ0n) is 14.6. The molecule has 0 aliphatic heterocycles. The van der Waals surface area contributed by atoms with Gasteiger partial charge in [-0.3, -0.25) is 14.0 Å². The van der Waals surface area contributed by atoms with E-state index < -0.39 is 23.2 Å². The molecule has 0 aliphatic rings. The van der Waals surface area contributed by atoms with Gasteiger partial charge in [0.05, 0.1) is 5.39 Å². The van der Waals surface area contributed by atoms with Crippen LogP contribution in [-0.2, 0) is 5.92 Å². The average Bonchev–Trinajstić information content (AvgIpc) is 3.06. The zero-order chi connectivity index (χ0) is 20.6. The highest BCUT2D eigenvalue weighted by molar-refractivity contribution is 5.95. The van der Waals surface area contributed by atoms with Gasteiger partial charge in [0.25, 0.3) is 0 Å². The second-order valence-electron chi connectivity index (χ2n) is 5.35. The fourth-order valence-electron chi connectivity index (χ4n) is 2.39. The molecule has 0 saturated heterocycles. The third kappa shape index (κ3) is 3.43. The summed E-state index contributed by atoms with van der Waals surface area (Å²) < 4.78 is 66.0. The number of aromatic amines is 1. The lowest BCUT2D eigenvalue weighted by Gasteiger charge is -2.19. The number of carbonyl (C=O) groups is 1. The van der Waals surface area contributed by atoms with Crippen molar-refractivity contribution >= 4 is 22.5 Å². The van der Waals surface area contributed by atoms with Gasteiger partial charge in [-0.15, -0.1) is 0 Å². The molecule has 0 amide bonds. The summed E-state index contributed by atoms with van der Waals surface area (Å²) in [6, 6.07) is 2.83. The van der Waals surface area contributed by atoms with E-state index in [1.54, 1.807) is 6.92 Å². The molecule has 0 unspecified atom stereocenters. The number of H-pyrrole nitrogens is 1. The molecule has 1 N–H and O–H groups in total. The molecule has 3 heterocycles. The van der Waals surface area contributed by atoms with E-state index in [2.05, 4.69) is 4.98 Å². The second kappa shape index (κ2) is 7.09. The third-order valence-electron chi connectivity index (χ3n) is 3.72. The summed E-state index contributed by atoms with van der Waals surface area (Å²) in [5.74, 6) is -5.57. The summed E-state index contributed by atoms with van der Waals surface area (Å²) in [6.07, 6.45) is -4.54. The molecule has 0 aliphatic carbocycles. The minimum Gasteiger partial charge on any atom is -0.339 e. The number of rotatable bonds is 3. The summed E-state index contributed by atoms with van der Waals surface area (Å²) >= 11 is 0. The van der Waals surface area contributed by atoms with Crippen molar-refractivity contribution in [3.8, 4) is 0 Å². The van der Waals surface area contributed by atoms with E-state index in [1.165, 1.54) is 18.3 Å². The maximum Gasteiger partial charge on any atom is 0.459 e. The van der Waals surface area contributed by atoms with E-state index in [0.717, 1.165) is 4.40 Å². The lowest BCUT2D eigenvalue weighted by Crippen LogP contribution is -2.35. The van der Waals surface area contributed by atoms with E-state index in [0.29, 0.717) is 0 Å². The molecular weight excluding hydrogens is 373 g/mol. The first-order chi connectivity index (χ1) is 12.6. The highest BCUT2D eigenvalue weighted by Crippen LogP contribution is 2.42. The smallest absolute Gasteiger partial charge is 0.339 e. The predicted octanol–water partition coefficient (Wildman–Crippen LogP) is 4.45. The first-order valence-corrected chi connectivity index (χ1v) is 8.09. The van der Waals surface area contributed by atoms with Crippen molar-refractivity contribution in [1.82, 2.24) is 14.4 Å². The number of halogens is 5. The molecule has 0 saturated carbocycles. The number of carbonyl (C=O) groups excluding carboxylic acids is 1. The van der Waals surface area contributed by atoms with Gasteiger partial charge in [-0.05, 0) is 12.1 Å². The molecular formula is C17H16F5N3O2. The Bertz CT molecular complexity index is 1050. The fourth-order valence-corrected chi connectivity index (χ4v) is 2.39. The molecule has 27 heavy (non-hydrogen) atoms. The van der Waals surface area contributed by atoms with Crippen LogP contribution in [0.3, 0.4) is 0 Å². The fraction of sp³-hybridized carbons (Fsp3) is 0.353. The lowest BCUT2D eigenvalue weighted by atomic mass is 10.1. The summed E-state index contributed by atoms with van der Waals surface area (Å²) in [5.41, 5.74) is -2.74. The Hall–Kier alpha value is -2.78.